The summed E-state index contributed by atoms with van der Waals surface area (Å²) < 4.78 is 10.5. The van der Waals surface area contributed by atoms with Gasteiger partial charge in [0, 0.05) is 26.3 Å². The standard InChI is InChI=1S/C22H26N2O4/c1-22(21(26)23-14-13-16-9-5-4-6-10-16)18-12-8-7-11-17(18)20(25)24(22)15-19(27-2)28-3/h4-12,19H,13-15H2,1-3H3,(H,23,26). The molecule has 0 radical (unpaired) electrons. The maximum atomic E-state index is 13.2. The molecule has 3 rings (SSSR count). The molecule has 0 fully saturated rings. The molecule has 0 spiro atoms. The van der Waals surface area contributed by atoms with Crippen LogP contribution in [-0.2, 0) is 26.2 Å². The fourth-order valence-corrected chi connectivity index (χ4v) is 3.63. The zero-order valence-electron chi connectivity index (χ0n) is 16.5. The van der Waals surface area contributed by atoms with Gasteiger partial charge < -0.3 is 19.7 Å². The van der Waals surface area contributed by atoms with Gasteiger partial charge in [-0.2, -0.15) is 0 Å². The third-order valence-electron chi connectivity index (χ3n) is 5.31. The van der Waals surface area contributed by atoms with Gasteiger partial charge in [-0.15, -0.1) is 0 Å². The van der Waals surface area contributed by atoms with E-state index in [9.17, 15) is 9.59 Å². The van der Waals surface area contributed by atoms with E-state index in [0.717, 1.165) is 12.0 Å². The number of methoxy groups -OCH3 is 2. The summed E-state index contributed by atoms with van der Waals surface area (Å²) in [5.41, 5.74) is 1.25. The Kier molecular flexibility index (Phi) is 6.11. The van der Waals surface area contributed by atoms with Crippen molar-refractivity contribution in [2.24, 2.45) is 0 Å². The number of ether oxygens (including phenoxy) is 2. The van der Waals surface area contributed by atoms with Crippen LogP contribution in [0.1, 0.15) is 28.4 Å². The molecule has 28 heavy (non-hydrogen) atoms. The van der Waals surface area contributed by atoms with Gasteiger partial charge in [0.05, 0.1) is 6.54 Å². The Bertz CT molecular complexity index is 835. The molecule has 0 saturated carbocycles. The van der Waals surface area contributed by atoms with E-state index in [0.29, 0.717) is 17.7 Å². The monoisotopic (exact) mass is 382 g/mol. The molecule has 0 aromatic heterocycles. The lowest BCUT2D eigenvalue weighted by Crippen LogP contribution is -2.55. The second kappa shape index (κ2) is 8.54. The molecule has 2 amide bonds. The highest BCUT2D eigenvalue weighted by Crippen LogP contribution is 2.39. The highest BCUT2D eigenvalue weighted by Gasteiger charge is 2.51. The topological polar surface area (TPSA) is 67.9 Å². The molecule has 1 heterocycles. The van der Waals surface area contributed by atoms with Gasteiger partial charge in [0.2, 0.25) is 5.91 Å². The Balaban J connectivity index is 1.82. The lowest BCUT2D eigenvalue weighted by atomic mass is 9.90. The van der Waals surface area contributed by atoms with Gasteiger partial charge >= 0.3 is 0 Å². The van der Waals surface area contributed by atoms with Crippen LogP contribution in [0.15, 0.2) is 54.6 Å². The number of nitrogens with one attached hydrogen (secondary N) is 1. The van der Waals surface area contributed by atoms with E-state index in [4.69, 9.17) is 9.47 Å². The number of rotatable bonds is 8. The molecule has 0 aliphatic carbocycles. The predicted octanol–water partition coefficient (Wildman–Crippen LogP) is 2.34. The lowest BCUT2D eigenvalue weighted by molar-refractivity contribution is -0.140. The van der Waals surface area contributed by atoms with E-state index >= 15 is 0 Å². The molecule has 1 unspecified atom stereocenters. The van der Waals surface area contributed by atoms with Gasteiger partial charge in [0.15, 0.2) is 6.29 Å². The summed E-state index contributed by atoms with van der Waals surface area (Å²) >= 11 is 0. The number of carbonyl (C=O) groups is 2. The van der Waals surface area contributed by atoms with E-state index in [2.05, 4.69) is 5.32 Å². The first-order valence-corrected chi connectivity index (χ1v) is 9.31. The molecule has 6 heteroatoms. The SMILES string of the molecule is COC(CN1C(=O)c2ccccc2C1(C)C(=O)NCCc1ccccc1)OC. The first kappa shape index (κ1) is 20.0. The van der Waals surface area contributed by atoms with Crippen LogP contribution in [0, 0.1) is 0 Å². The molecule has 6 nitrogen and oxygen atoms in total. The molecule has 1 aliphatic heterocycles. The first-order valence-electron chi connectivity index (χ1n) is 9.31. The van der Waals surface area contributed by atoms with Crippen molar-refractivity contribution >= 4 is 11.8 Å². The molecular formula is C22H26N2O4. The zero-order chi connectivity index (χ0) is 20.1. The Labute approximate surface area is 165 Å². The summed E-state index contributed by atoms with van der Waals surface area (Å²) in [6.07, 6.45) is 0.103. The number of hydrogen-bond donors (Lipinski definition) is 1. The normalized spacial score (nSPS) is 18.4. The second-order valence-corrected chi connectivity index (χ2v) is 6.93. The van der Waals surface area contributed by atoms with Gasteiger partial charge in [-0.05, 0) is 30.5 Å². The second-order valence-electron chi connectivity index (χ2n) is 6.93. The highest BCUT2D eigenvalue weighted by atomic mass is 16.7. The van der Waals surface area contributed by atoms with Crippen molar-refractivity contribution in [3.8, 4) is 0 Å². The lowest BCUT2D eigenvalue weighted by Gasteiger charge is -2.36. The molecule has 1 N–H and O–H groups in total. The molecular weight excluding hydrogens is 356 g/mol. The highest BCUT2D eigenvalue weighted by molar-refractivity contribution is 6.06. The fraction of sp³-hybridized carbons (Fsp3) is 0.364. The number of amides is 2. The van der Waals surface area contributed by atoms with Crippen LogP contribution in [-0.4, -0.2) is 50.3 Å². The minimum Gasteiger partial charge on any atom is -0.354 e. The largest absolute Gasteiger partial charge is 0.354 e. The smallest absolute Gasteiger partial charge is 0.255 e. The van der Waals surface area contributed by atoms with Crippen LogP contribution in [0.2, 0.25) is 0 Å². The van der Waals surface area contributed by atoms with Crippen molar-refractivity contribution in [3.05, 3.63) is 71.3 Å². The van der Waals surface area contributed by atoms with Crippen molar-refractivity contribution < 1.29 is 19.1 Å². The van der Waals surface area contributed by atoms with Gasteiger partial charge in [-0.25, -0.2) is 0 Å². The van der Waals surface area contributed by atoms with Crippen molar-refractivity contribution in [2.75, 3.05) is 27.3 Å². The molecule has 148 valence electrons. The molecule has 2 aromatic rings. The summed E-state index contributed by atoms with van der Waals surface area (Å²) in [6, 6.07) is 17.2. The summed E-state index contributed by atoms with van der Waals surface area (Å²) in [5.74, 6) is -0.414. The minimum atomic E-state index is -1.13. The van der Waals surface area contributed by atoms with Crippen LogP contribution in [0.3, 0.4) is 0 Å². The van der Waals surface area contributed by atoms with Crippen molar-refractivity contribution in [2.45, 2.75) is 25.2 Å². The van der Waals surface area contributed by atoms with Crippen LogP contribution in [0.25, 0.3) is 0 Å². The third-order valence-corrected chi connectivity index (χ3v) is 5.31. The van der Waals surface area contributed by atoms with Crippen LogP contribution in [0.5, 0.6) is 0 Å². The minimum absolute atomic E-state index is 0.156. The summed E-state index contributed by atoms with van der Waals surface area (Å²) in [4.78, 5) is 27.8. The molecule has 0 saturated heterocycles. The van der Waals surface area contributed by atoms with Crippen LogP contribution < -0.4 is 5.32 Å². The van der Waals surface area contributed by atoms with E-state index in [1.165, 1.54) is 19.1 Å². The summed E-state index contributed by atoms with van der Waals surface area (Å²) in [7, 11) is 3.03. The molecule has 1 aliphatic rings. The van der Waals surface area contributed by atoms with E-state index in [1.54, 1.807) is 19.1 Å². The molecule has 1 atom stereocenters. The third kappa shape index (κ3) is 3.66. The first-order chi connectivity index (χ1) is 13.5. The Hall–Kier alpha value is -2.70. The van der Waals surface area contributed by atoms with Crippen molar-refractivity contribution in [3.63, 3.8) is 0 Å². The van der Waals surface area contributed by atoms with Crippen LogP contribution in [0.4, 0.5) is 0 Å². The number of carbonyl (C=O) groups excluding carboxylic acids is 2. The van der Waals surface area contributed by atoms with Crippen molar-refractivity contribution in [1.82, 2.24) is 10.2 Å². The van der Waals surface area contributed by atoms with Gasteiger partial charge in [-0.1, -0.05) is 48.5 Å². The van der Waals surface area contributed by atoms with E-state index in [-0.39, 0.29) is 18.4 Å². The summed E-state index contributed by atoms with van der Waals surface area (Å²) in [5, 5.41) is 3.00. The Morgan fingerprint density at radius 2 is 1.71 bits per heavy atom. The average Bonchev–Trinajstić information content (AvgIpc) is 2.95. The summed E-state index contributed by atoms with van der Waals surface area (Å²) in [6.45, 7) is 2.42. The van der Waals surface area contributed by atoms with Gasteiger partial charge in [0.25, 0.3) is 5.91 Å². The fourth-order valence-electron chi connectivity index (χ4n) is 3.63. The van der Waals surface area contributed by atoms with E-state index in [1.807, 2.05) is 42.5 Å². The van der Waals surface area contributed by atoms with Gasteiger partial charge in [-0.3, -0.25) is 9.59 Å². The van der Waals surface area contributed by atoms with Crippen molar-refractivity contribution in [1.29, 1.82) is 0 Å². The molecule has 0 bridgehead atoms. The number of nitrogens with zero attached hydrogens (tertiary/aromatic N) is 1. The number of hydrogen-bond acceptors (Lipinski definition) is 4. The van der Waals surface area contributed by atoms with Crippen LogP contribution >= 0.6 is 0 Å². The Morgan fingerprint density at radius 3 is 2.39 bits per heavy atom. The quantitative estimate of drug-likeness (QED) is 0.712. The number of fused-ring (bicyclic) bond motifs is 1. The average molecular weight is 382 g/mol. The number of benzene rings is 2. The Morgan fingerprint density at radius 1 is 1.07 bits per heavy atom. The zero-order valence-corrected chi connectivity index (χ0v) is 16.5. The molecule has 2 aromatic carbocycles. The van der Waals surface area contributed by atoms with E-state index < -0.39 is 11.8 Å². The predicted molar refractivity (Wildman–Crippen MR) is 106 cm³/mol. The van der Waals surface area contributed by atoms with Gasteiger partial charge in [0.1, 0.15) is 5.54 Å². The maximum Gasteiger partial charge on any atom is 0.255 e. The maximum absolute atomic E-state index is 13.2.